The maximum absolute atomic E-state index is 13.4. The average Bonchev–Trinajstić information content (AvgIpc) is 2.33. The Kier molecular flexibility index (Phi) is 4.17. The molecule has 6 heteroatoms. The van der Waals surface area contributed by atoms with Crippen molar-refractivity contribution in [1.82, 2.24) is 0 Å². The van der Waals surface area contributed by atoms with E-state index in [-0.39, 0.29) is 0 Å². The first-order valence-corrected chi connectivity index (χ1v) is 6.36. The van der Waals surface area contributed by atoms with E-state index in [0.717, 1.165) is 12.1 Å². The van der Waals surface area contributed by atoms with Crippen LogP contribution in [0.4, 0.5) is 14.5 Å². The monoisotopic (exact) mass is 345 g/mol. The molecule has 1 amide bonds. The van der Waals surface area contributed by atoms with Gasteiger partial charge in [-0.25, -0.2) is 8.78 Å². The van der Waals surface area contributed by atoms with E-state index in [2.05, 4.69) is 21.2 Å². The SMILES string of the molecule is O=C(Nc1ccc(Cl)c(Br)c1)c1c(F)cccc1F. The molecule has 0 spiro atoms. The zero-order valence-corrected chi connectivity index (χ0v) is 11.7. The lowest BCUT2D eigenvalue weighted by Crippen LogP contribution is -2.15. The van der Waals surface area contributed by atoms with Crippen LogP contribution in [0.1, 0.15) is 10.4 Å². The molecule has 0 fully saturated rings. The molecule has 98 valence electrons. The molecule has 0 aliphatic rings. The molecule has 1 N–H and O–H groups in total. The molecule has 2 aromatic rings. The first-order chi connectivity index (χ1) is 8.99. The third-order valence-corrected chi connectivity index (χ3v) is 3.58. The summed E-state index contributed by atoms with van der Waals surface area (Å²) in [6, 6.07) is 7.87. The molecule has 2 aromatic carbocycles. The fourth-order valence-corrected chi connectivity index (χ4v) is 1.98. The topological polar surface area (TPSA) is 29.1 Å². The van der Waals surface area contributed by atoms with Crippen molar-refractivity contribution in [2.75, 3.05) is 5.32 Å². The van der Waals surface area contributed by atoms with Crippen molar-refractivity contribution >= 4 is 39.1 Å². The van der Waals surface area contributed by atoms with Crippen LogP contribution in [0.25, 0.3) is 0 Å². The normalized spacial score (nSPS) is 10.3. The first kappa shape index (κ1) is 14.0. The molecular weight excluding hydrogens is 340 g/mol. The van der Waals surface area contributed by atoms with Gasteiger partial charge in [0, 0.05) is 10.2 Å². The molecule has 0 aliphatic carbocycles. The summed E-state index contributed by atoms with van der Waals surface area (Å²) in [5.74, 6) is -2.68. The van der Waals surface area contributed by atoms with E-state index in [1.807, 2.05) is 0 Å². The Morgan fingerprint density at radius 3 is 2.37 bits per heavy atom. The lowest BCUT2D eigenvalue weighted by molar-refractivity contribution is 0.101. The van der Waals surface area contributed by atoms with Crippen molar-refractivity contribution in [3.63, 3.8) is 0 Å². The lowest BCUT2D eigenvalue weighted by Gasteiger charge is -2.08. The third-order valence-electron chi connectivity index (χ3n) is 2.37. The molecule has 0 saturated carbocycles. The minimum absolute atomic E-state index is 0.379. The molecule has 0 atom stereocenters. The zero-order chi connectivity index (χ0) is 14.0. The number of halogens is 4. The van der Waals surface area contributed by atoms with Gasteiger partial charge in [0.15, 0.2) is 0 Å². The van der Waals surface area contributed by atoms with Crippen molar-refractivity contribution in [2.24, 2.45) is 0 Å². The highest BCUT2D eigenvalue weighted by molar-refractivity contribution is 9.10. The first-order valence-electron chi connectivity index (χ1n) is 5.19. The Labute approximate surface area is 121 Å². The van der Waals surface area contributed by atoms with Gasteiger partial charge in [0.2, 0.25) is 0 Å². The second-order valence-electron chi connectivity index (χ2n) is 3.68. The second kappa shape index (κ2) is 5.67. The number of benzene rings is 2. The van der Waals surface area contributed by atoms with Crippen LogP contribution in [-0.4, -0.2) is 5.91 Å². The van der Waals surface area contributed by atoms with Crippen LogP contribution in [0.5, 0.6) is 0 Å². The Balaban J connectivity index is 2.28. The van der Waals surface area contributed by atoms with Crippen LogP contribution in [0.15, 0.2) is 40.9 Å². The number of carbonyl (C=O) groups excluding carboxylic acids is 1. The molecule has 19 heavy (non-hydrogen) atoms. The fraction of sp³-hybridized carbons (Fsp3) is 0. The Bertz CT molecular complexity index is 628. The number of rotatable bonds is 2. The van der Waals surface area contributed by atoms with Gasteiger partial charge in [-0.2, -0.15) is 0 Å². The van der Waals surface area contributed by atoms with E-state index in [4.69, 9.17) is 11.6 Å². The molecule has 0 heterocycles. The van der Waals surface area contributed by atoms with E-state index in [0.29, 0.717) is 15.2 Å². The fourth-order valence-electron chi connectivity index (χ4n) is 1.48. The number of hydrogen-bond donors (Lipinski definition) is 1. The van der Waals surface area contributed by atoms with Crippen molar-refractivity contribution in [2.45, 2.75) is 0 Å². The average molecular weight is 347 g/mol. The summed E-state index contributed by atoms with van der Waals surface area (Å²) in [7, 11) is 0. The predicted octanol–water partition coefficient (Wildman–Crippen LogP) is 4.63. The summed E-state index contributed by atoms with van der Waals surface area (Å²) in [4.78, 5) is 11.8. The van der Waals surface area contributed by atoms with Gasteiger partial charge in [0.05, 0.1) is 5.02 Å². The molecule has 0 saturated heterocycles. The van der Waals surface area contributed by atoms with Gasteiger partial charge >= 0.3 is 0 Å². The standard InChI is InChI=1S/C13H7BrClF2NO/c14-8-6-7(4-5-9(8)15)18-13(19)12-10(16)2-1-3-11(12)17/h1-6H,(H,18,19). The highest BCUT2D eigenvalue weighted by Gasteiger charge is 2.17. The minimum atomic E-state index is -0.912. The van der Waals surface area contributed by atoms with Gasteiger partial charge in [-0.3, -0.25) is 4.79 Å². The summed E-state index contributed by atoms with van der Waals surface area (Å²) in [5, 5.41) is 2.87. The van der Waals surface area contributed by atoms with Gasteiger partial charge in [-0.15, -0.1) is 0 Å². The molecule has 0 bridgehead atoms. The smallest absolute Gasteiger partial charge is 0.261 e. The highest BCUT2D eigenvalue weighted by Crippen LogP contribution is 2.26. The van der Waals surface area contributed by atoms with Crippen molar-refractivity contribution in [3.8, 4) is 0 Å². The largest absolute Gasteiger partial charge is 0.322 e. The molecular formula is C13H7BrClF2NO. The molecule has 0 aliphatic heterocycles. The lowest BCUT2D eigenvalue weighted by atomic mass is 10.2. The molecule has 0 aromatic heterocycles. The van der Waals surface area contributed by atoms with Crippen molar-refractivity contribution < 1.29 is 13.6 Å². The van der Waals surface area contributed by atoms with Gasteiger partial charge < -0.3 is 5.32 Å². The van der Waals surface area contributed by atoms with E-state index >= 15 is 0 Å². The van der Waals surface area contributed by atoms with E-state index in [9.17, 15) is 13.6 Å². The summed E-state index contributed by atoms with van der Waals surface area (Å²) >= 11 is 8.99. The van der Waals surface area contributed by atoms with E-state index in [1.54, 1.807) is 12.1 Å². The van der Waals surface area contributed by atoms with Crippen LogP contribution in [0, 0.1) is 11.6 Å². The number of nitrogens with one attached hydrogen (secondary N) is 1. The molecule has 2 rings (SSSR count). The predicted molar refractivity (Wildman–Crippen MR) is 73.5 cm³/mol. The summed E-state index contributed by atoms with van der Waals surface area (Å²) < 4.78 is 27.4. The Morgan fingerprint density at radius 1 is 1.16 bits per heavy atom. The van der Waals surface area contributed by atoms with Crippen LogP contribution < -0.4 is 5.32 Å². The van der Waals surface area contributed by atoms with Crippen molar-refractivity contribution in [1.29, 1.82) is 0 Å². The van der Waals surface area contributed by atoms with Crippen LogP contribution in [0.2, 0.25) is 5.02 Å². The maximum Gasteiger partial charge on any atom is 0.261 e. The van der Waals surface area contributed by atoms with Gasteiger partial charge in [-0.1, -0.05) is 17.7 Å². The van der Waals surface area contributed by atoms with Crippen molar-refractivity contribution in [3.05, 3.63) is 63.1 Å². The highest BCUT2D eigenvalue weighted by atomic mass is 79.9. The minimum Gasteiger partial charge on any atom is -0.322 e. The maximum atomic E-state index is 13.4. The third kappa shape index (κ3) is 3.11. The number of hydrogen-bond acceptors (Lipinski definition) is 1. The van der Waals surface area contributed by atoms with Crippen LogP contribution in [0.3, 0.4) is 0 Å². The number of carbonyl (C=O) groups is 1. The Morgan fingerprint density at radius 2 is 1.79 bits per heavy atom. The van der Waals surface area contributed by atoms with Crippen LogP contribution >= 0.6 is 27.5 Å². The van der Waals surface area contributed by atoms with Crippen LogP contribution in [-0.2, 0) is 0 Å². The summed E-state index contributed by atoms with van der Waals surface area (Å²) in [5.41, 5.74) is -0.238. The number of amides is 1. The van der Waals surface area contributed by atoms with E-state index in [1.165, 1.54) is 12.1 Å². The molecule has 2 nitrogen and oxygen atoms in total. The van der Waals surface area contributed by atoms with Gasteiger partial charge in [0.1, 0.15) is 17.2 Å². The van der Waals surface area contributed by atoms with Gasteiger partial charge in [0.25, 0.3) is 5.91 Å². The Hall–Kier alpha value is -1.46. The molecule has 0 unspecified atom stereocenters. The summed E-state index contributed by atoms with van der Waals surface area (Å²) in [6.45, 7) is 0. The molecule has 0 radical (unpaired) electrons. The number of anilines is 1. The van der Waals surface area contributed by atoms with E-state index < -0.39 is 23.1 Å². The summed E-state index contributed by atoms with van der Waals surface area (Å²) in [6.07, 6.45) is 0. The zero-order valence-electron chi connectivity index (χ0n) is 9.38. The van der Waals surface area contributed by atoms with Gasteiger partial charge in [-0.05, 0) is 46.3 Å². The second-order valence-corrected chi connectivity index (χ2v) is 4.94. The quantitative estimate of drug-likeness (QED) is 0.844.